The van der Waals surface area contributed by atoms with Gasteiger partial charge in [0.1, 0.15) is 11.5 Å². The molecule has 4 heteroatoms. The van der Waals surface area contributed by atoms with Crippen molar-refractivity contribution < 1.29 is 14.3 Å². The summed E-state index contributed by atoms with van der Waals surface area (Å²) in [5.41, 5.74) is 0.686. The summed E-state index contributed by atoms with van der Waals surface area (Å²) in [6, 6.07) is 15.2. The van der Waals surface area contributed by atoms with Gasteiger partial charge in [0, 0.05) is 10.5 Å². The Morgan fingerprint density at radius 2 is 1.13 bits per heavy atom. The van der Waals surface area contributed by atoms with Crippen LogP contribution in [0.2, 0.25) is 0 Å². The summed E-state index contributed by atoms with van der Waals surface area (Å²) >= 11 is 1.24. The van der Waals surface area contributed by atoms with Crippen molar-refractivity contribution in [2.45, 2.75) is 76.5 Å². The molecule has 0 heterocycles. The van der Waals surface area contributed by atoms with Crippen LogP contribution in [0.1, 0.15) is 82.0 Å². The Labute approximate surface area is 186 Å². The number of carbonyl (C=O) groups is 1. The van der Waals surface area contributed by atoms with Gasteiger partial charge in [0.15, 0.2) is 0 Å². The van der Waals surface area contributed by atoms with Crippen molar-refractivity contribution in [2.24, 2.45) is 0 Å². The molecule has 0 unspecified atom stereocenters. The minimum atomic E-state index is 0.0362. The largest absolute Gasteiger partial charge is 0.494 e. The van der Waals surface area contributed by atoms with E-state index in [1.165, 1.54) is 56.7 Å². The van der Waals surface area contributed by atoms with E-state index in [0.29, 0.717) is 5.56 Å². The van der Waals surface area contributed by atoms with E-state index in [1.54, 1.807) is 0 Å². The standard InChI is InChI=1S/C26H36O3S/c1-3-5-7-9-11-21-29-24-16-18-25(19-17-24)30-26(27)22-12-14-23(15-13-22)28-20-10-8-6-4-2/h12-19H,3-11,20-21H2,1-2H3. The first-order valence-electron chi connectivity index (χ1n) is 11.4. The minimum Gasteiger partial charge on any atom is -0.494 e. The van der Waals surface area contributed by atoms with E-state index in [-0.39, 0.29) is 5.12 Å². The average molecular weight is 429 g/mol. The average Bonchev–Trinajstić information content (AvgIpc) is 2.77. The van der Waals surface area contributed by atoms with Crippen LogP contribution in [0.25, 0.3) is 0 Å². The summed E-state index contributed by atoms with van der Waals surface area (Å²) < 4.78 is 11.5. The van der Waals surface area contributed by atoms with Gasteiger partial charge in [-0.15, -0.1) is 0 Å². The number of ether oxygens (including phenoxy) is 2. The summed E-state index contributed by atoms with van der Waals surface area (Å²) in [5, 5.41) is 0.0362. The zero-order chi connectivity index (χ0) is 21.4. The maximum atomic E-state index is 12.5. The molecule has 3 nitrogen and oxygen atoms in total. The molecular weight excluding hydrogens is 392 g/mol. The van der Waals surface area contributed by atoms with Crippen LogP contribution in [-0.4, -0.2) is 18.3 Å². The summed E-state index contributed by atoms with van der Waals surface area (Å²) in [4.78, 5) is 13.5. The Hall–Kier alpha value is -1.94. The Balaban J connectivity index is 1.72. The van der Waals surface area contributed by atoms with Gasteiger partial charge in [-0.2, -0.15) is 0 Å². The predicted molar refractivity (Wildman–Crippen MR) is 127 cm³/mol. The first-order valence-corrected chi connectivity index (χ1v) is 12.2. The molecule has 0 amide bonds. The third kappa shape index (κ3) is 9.71. The molecule has 0 N–H and O–H groups in total. The Morgan fingerprint density at radius 1 is 0.667 bits per heavy atom. The van der Waals surface area contributed by atoms with Crippen LogP contribution < -0.4 is 9.47 Å². The fraction of sp³-hybridized carbons (Fsp3) is 0.500. The van der Waals surface area contributed by atoms with Gasteiger partial charge in [0.2, 0.25) is 5.12 Å². The molecule has 0 fully saturated rings. The van der Waals surface area contributed by atoms with Gasteiger partial charge < -0.3 is 9.47 Å². The number of hydrogen-bond acceptors (Lipinski definition) is 4. The molecule has 0 spiro atoms. The van der Waals surface area contributed by atoms with Crippen molar-refractivity contribution in [1.29, 1.82) is 0 Å². The predicted octanol–water partition coefficient (Wildman–Crippen LogP) is 7.93. The summed E-state index contributed by atoms with van der Waals surface area (Å²) in [7, 11) is 0. The number of rotatable bonds is 15. The molecule has 2 aromatic carbocycles. The van der Waals surface area contributed by atoms with Crippen LogP contribution in [-0.2, 0) is 0 Å². The maximum absolute atomic E-state index is 12.5. The summed E-state index contributed by atoms with van der Waals surface area (Å²) in [6.07, 6.45) is 10.9. The van der Waals surface area contributed by atoms with E-state index in [1.807, 2.05) is 48.5 Å². The molecule has 164 valence electrons. The fourth-order valence-electron chi connectivity index (χ4n) is 3.07. The fourth-order valence-corrected chi connectivity index (χ4v) is 3.81. The monoisotopic (exact) mass is 428 g/mol. The van der Waals surface area contributed by atoms with Gasteiger partial charge >= 0.3 is 0 Å². The molecule has 30 heavy (non-hydrogen) atoms. The van der Waals surface area contributed by atoms with Crippen molar-refractivity contribution in [1.82, 2.24) is 0 Å². The van der Waals surface area contributed by atoms with Crippen LogP contribution >= 0.6 is 11.8 Å². The molecule has 0 saturated carbocycles. The van der Waals surface area contributed by atoms with E-state index in [9.17, 15) is 4.79 Å². The van der Waals surface area contributed by atoms with Gasteiger partial charge in [-0.1, -0.05) is 58.8 Å². The van der Waals surface area contributed by atoms with Crippen LogP contribution in [0.3, 0.4) is 0 Å². The molecule has 2 aromatic rings. The lowest BCUT2D eigenvalue weighted by Gasteiger charge is -2.08. The lowest BCUT2D eigenvalue weighted by Crippen LogP contribution is -1.98. The van der Waals surface area contributed by atoms with Crippen molar-refractivity contribution >= 4 is 16.9 Å². The molecule has 0 radical (unpaired) electrons. The summed E-state index contributed by atoms with van der Waals surface area (Å²) in [6.45, 7) is 5.91. The second kappa shape index (κ2) is 15.0. The number of carbonyl (C=O) groups excluding carboxylic acids is 1. The Kier molecular flexibility index (Phi) is 12.1. The van der Waals surface area contributed by atoms with Gasteiger partial charge in [-0.05, 0) is 73.1 Å². The quantitative estimate of drug-likeness (QED) is 0.213. The van der Waals surface area contributed by atoms with E-state index < -0.39 is 0 Å². The normalized spacial score (nSPS) is 10.7. The van der Waals surface area contributed by atoms with Crippen molar-refractivity contribution in [3.05, 3.63) is 54.1 Å². The van der Waals surface area contributed by atoms with E-state index in [2.05, 4.69) is 13.8 Å². The lowest BCUT2D eigenvalue weighted by atomic mass is 10.2. The number of hydrogen-bond donors (Lipinski definition) is 0. The zero-order valence-corrected chi connectivity index (χ0v) is 19.3. The molecule has 0 aliphatic carbocycles. The highest BCUT2D eigenvalue weighted by Gasteiger charge is 2.09. The van der Waals surface area contributed by atoms with Crippen LogP contribution in [0, 0.1) is 0 Å². The zero-order valence-electron chi connectivity index (χ0n) is 18.5. The molecule has 0 saturated heterocycles. The molecule has 0 atom stereocenters. The van der Waals surface area contributed by atoms with Crippen LogP contribution in [0.15, 0.2) is 53.4 Å². The smallest absolute Gasteiger partial charge is 0.224 e. The molecular formula is C26H36O3S. The van der Waals surface area contributed by atoms with Gasteiger partial charge in [-0.3, -0.25) is 4.79 Å². The molecule has 0 aromatic heterocycles. The topological polar surface area (TPSA) is 35.5 Å². The highest BCUT2D eigenvalue weighted by atomic mass is 32.2. The highest BCUT2D eigenvalue weighted by molar-refractivity contribution is 8.14. The third-order valence-electron chi connectivity index (χ3n) is 4.91. The molecule has 0 aliphatic heterocycles. The Bertz CT molecular complexity index is 710. The van der Waals surface area contributed by atoms with Crippen LogP contribution in [0.5, 0.6) is 11.5 Å². The first-order chi connectivity index (χ1) is 14.7. The minimum absolute atomic E-state index is 0.0362. The number of unbranched alkanes of at least 4 members (excludes halogenated alkanes) is 7. The van der Waals surface area contributed by atoms with Gasteiger partial charge in [-0.25, -0.2) is 0 Å². The second-order valence-corrected chi connectivity index (χ2v) is 8.60. The number of thioether (sulfide) groups is 1. The molecule has 0 bridgehead atoms. The van der Waals surface area contributed by atoms with E-state index in [4.69, 9.17) is 9.47 Å². The summed E-state index contributed by atoms with van der Waals surface area (Å²) in [5.74, 6) is 1.69. The maximum Gasteiger partial charge on any atom is 0.224 e. The molecule has 2 rings (SSSR count). The highest BCUT2D eigenvalue weighted by Crippen LogP contribution is 2.26. The van der Waals surface area contributed by atoms with Gasteiger partial charge in [0.05, 0.1) is 13.2 Å². The SMILES string of the molecule is CCCCCCCOc1ccc(SC(=O)c2ccc(OCCCCCC)cc2)cc1. The second-order valence-electron chi connectivity index (χ2n) is 7.56. The molecule has 0 aliphatic rings. The van der Waals surface area contributed by atoms with Crippen molar-refractivity contribution in [3.63, 3.8) is 0 Å². The van der Waals surface area contributed by atoms with E-state index >= 15 is 0 Å². The van der Waals surface area contributed by atoms with E-state index in [0.717, 1.165) is 42.4 Å². The lowest BCUT2D eigenvalue weighted by molar-refractivity contribution is 0.108. The Morgan fingerprint density at radius 3 is 1.67 bits per heavy atom. The van der Waals surface area contributed by atoms with Crippen molar-refractivity contribution in [2.75, 3.05) is 13.2 Å². The van der Waals surface area contributed by atoms with Crippen molar-refractivity contribution in [3.8, 4) is 11.5 Å². The first kappa shape index (κ1) is 24.3. The van der Waals surface area contributed by atoms with Crippen LogP contribution in [0.4, 0.5) is 0 Å². The number of benzene rings is 2. The third-order valence-corrected chi connectivity index (χ3v) is 5.84. The van der Waals surface area contributed by atoms with Gasteiger partial charge in [0.25, 0.3) is 0 Å².